The molecule has 7 nitrogen and oxygen atoms in total. The van der Waals surface area contributed by atoms with Crippen LogP contribution in [0.25, 0.3) is 0 Å². The minimum absolute atomic E-state index is 0.129. The number of allylic oxidation sites excluding steroid dienone is 1. The normalized spacial score (nSPS) is 11.9. The van der Waals surface area contributed by atoms with E-state index in [1.165, 1.54) is 23.1 Å². The quantitative estimate of drug-likeness (QED) is 0.386. The molecule has 0 spiro atoms. The van der Waals surface area contributed by atoms with Gasteiger partial charge in [0.1, 0.15) is 12.4 Å². The Morgan fingerprint density at radius 1 is 1.37 bits per heavy atom. The van der Waals surface area contributed by atoms with Crippen LogP contribution in [0.5, 0.6) is 5.75 Å². The number of hydrogen-bond donors (Lipinski definition) is 1. The lowest BCUT2D eigenvalue weighted by Crippen LogP contribution is -2.23. The van der Waals surface area contributed by atoms with Gasteiger partial charge in [0.05, 0.1) is 10.9 Å². The lowest BCUT2D eigenvalue weighted by atomic mass is 10.1. The van der Waals surface area contributed by atoms with Gasteiger partial charge in [0.15, 0.2) is 16.1 Å². The summed E-state index contributed by atoms with van der Waals surface area (Å²) in [5.74, 6) is 1.38. The molecular weight excluding hydrogens is 418 g/mol. The molecule has 2 aromatic heterocycles. The van der Waals surface area contributed by atoms with Gasteiger partial charge in [-0.2, -0.15) is 0 Å². The second-order valence-electron chi connectivity index (χ2n) is 6.90. The maximum absolute atomic E-state index is 12.5. The number of benzene rings is 1. The Morgan fingerprint density at radius 2 is 2.17 bits per heavy atom. The van der Waals surface area contributed by atoms with E-state index in [0.717, 1.165) is 22.6 Å². The molecule has 0 aliphatic rings. The van der Waals surface area contributed by atoms with Crippen molar-refractivity contribution in [3.8, 4) is 5.75 Å². The average Bonchev–Trinajstić information content (AvgIpc) is 3.29. The van der Waals surface area contributed by atoms with Gasteiger partial charge >= 0.3 is 0 Å². The fraction of sp³-hybridized carbons (Fsp3) is 0.333. The topological polar surface area (TPSA) is 81.9 Å². The molecular formula is C21H25N5O2S2. The number of aryl methyl sites for hydroxylation is 3. The van der Waals surface area contributed by atoms with Crippen LogP contribution >= 0.6 is 23.1 Å². The lowest BCUT2D eigenvalue weighted by Gasteiger charge is -2.13. The SMILES string of the molecule is C=CCn1c(COc2cc(C)ccc2C)nnc1S[C@@H](C)C(=O)Nc1nc(C)cs1. The highest BCUT2D eigenvalue weighted by atomic mass is 32.2. The molecule has 30 heavy (non-hydrogen) atoms. The fourth-order valence-corrected chi connectivity index (χ4v) is 4.23. The van der Waals surface area contributed by atoms with Crippen LogP contribution in [0.15, 0.2) is 41.4 Å². The van der Waals surface area contributed by atoms with Gasteiger partial charge in [0.25, 0.3) is 0 Å². The Kier molecular flexibility index (Phi) is 7.28. The first kappa shape index (κ1) is 22.0. The molecule has 0 saturated heterocycles. The molecule has 0 saturated carbocycles. The monoisotopic (exact) mass is 443 g/mol. The first-order valence-corrected chi connectivity index (χ1v) is 11.3. The number of thiazole rings is 1. The van der Waals surface area contributed by atoms with Crippen molar-refractivity contribution < 1.29 is 9.53 Å². The molecule has 0 aliphatic carbocycles. The van der Waals surface area contributed by atoms with Crippen molar-refractivity contribution in [2.45, 2.75) is 51.3 Å². The predicted octanol–water partition coefficient (Wildman–Crippen LogP) is 4.54. The standard InChI is InChI=1S/C21H25N5O2S2/c1-6-9-26-18(11-28-17-10-13(2)7-8-14(17)3)24-25-21(26)30-16(5)19(27)23-20-22-15(4)12-29-20/h6-8,10,12,16H,1,9,11H2,2-5H3,(H,22,23,27)/t16-/m0/s1. The van der Waals surface area contributed by atoms with E-state index in [4.69, 9.17) is 4.74 Å². The minimum Gasteiger partial charge on any atom is -0.485 e. The number of nitrogens with zero attached hydrogens (tertiary/aromatic N) is 4. The van der Waals surface area contributed by atoms with E-state index in [0.29, 0.717) is 22.7 Å². The molecule has 3 aromatic rings. The summed E-state index contributed by atoms with van der Waals surface area (Å²) in [6.07, 6.45) is 1.78. The minimum atomic E-state index is -0.366. The molecule has 2 heterocycles. The van der Waals surface area contributed by atoms with Gasteiger partial charge in [-0.25, -0.2) is 4.98 Å². The highest BCUT2D eigenvalue weighted by Gasteiger charge is 2.21. The zero-order chi connectivity index (χ0) is 21.7. The molecule has 0 fully saturated rings. The summed E-state index contributed by atoms with van der Waals surface area (Å²) in [6, 6.07) is 6.09. The largest absolute Gasteiger partial charge is 0.485 e. The Hall–Kier alpha value is -2.65. The number of rotatable bonds is 9. The molecule has 1 atom stereocenters. The van der Waals surface area contributed by atoms with Crippen LogP contribution in [0.2, 0.25) is 0 Å². The van der Waals surface area contributed by atoms with Crippen molar-refractivity contribution in [2.24, 2.45) is 0 Å². The molecule has 158 valence electrons. The maximum Gasteiger partial charge on any atom is 0.239 e. The molecule has 0 radical (unpaired) electrons. The van der Waals surface area contributed by atoms with Crippen LogP contribution in [0, 0.1) is 20.8 Å². The van der Waals surface area contributed by atoms with Crippen LogP contribution < -0.4 is 10.1 Å². The number of aromatic nitrogens is 4. The maximum atomic E-state index is 12.5. The summed E-state index contributed by atoms with van der Waals surface area (Å²) in [5.41, 5.74) is 3.08. The summed E-state index contributed by atoms with van der Waals surface area (Å²) in [6.45, 7) is 12.4. The number of carbonyl (C=O) groups excluding carboxylic acids is 1. The molecule has 0 unspecified atom stereocenters. The molecule has 1 N–H and O–H groups in total. The lowest BCUT2D eigenvalue weighted by molar-refractivity contribution is -0.115. The third-order valence-electron chi connectivity index (χ3n) is 4.31. The molecule has 3 rings (SSSR count). The number of nitrogens with one attached hydrogen (secondary N) is 1. The van der Waals surface area contributed by atoms with Crippen molar-refractivity contribution >= 4 is 34.1 Å². The van der Waals surface area contributed by atoms with E-state index in [-0.39, 0.29) is 17.8 Å². The summed E-state index contributed by atoms with van der Waals surface area (Å²) in [4.78, 5) is 16.8. The zero-order valence-electron chi connectivity index (χ0n) is 17.5. The highest BCUT2D eigenvalue weighted by Crippen LogP contribution is 2.26. The first-order chi connectivity index (χ1) is 14.4. The van der Waals surface area contributed by atoms with E-state index in [9.17, 15) is 4.79 Å². The molecule has 1 aromatic carbocycles. The Labute approximate surface area is 184 Å². The van der Waals surface area contributed by atoms with Crippen molar-refractivity contribution in [3.05, 3.63) is 58.9 Å². The van der Waals surface area contributed by atoms with Crippen molar-refractivity contribution in [1.82, 2.24) is 19.7 Å². The van der Waals surface area contributed by atoms with Gasteiger partial charge in [0, 0.05) is 11.9 Å². The smallest absolute Gasteiger partial charge is 0.239 e. The van der Waals surface area contributed by atoms with Crippen molar-refractivity contribution in [2.75, 3.05) is 5.32 Å². The number of hydrogen-bond acceptors (Lipinski definition) is 7. The number of carbonyl (C=O) groups is 1. The van der Waals surface area contributed by atoms with E-state index in [1.54, 1.807) is 6.08 Å². The second-order valence-corrected chi connectivity index (χ2v) is 9.07. The van der Waals surface area contributed by atoms with Crippen LogP contribution in [0.3, 0.4) is 0 Å². The molecule has 1 amide bonds. The van der Waals surface area contributed by atoms with E-state index in [2.05, 4.69) is 33.1 Å². The van der Waals surface area contributed by atoms with E-state index < -0.39 is 0 Å². The van der Waals surface area contributed by atoms with E-state index in [1.807, 2.05) is 49.8 Å². The number of anilines is 1. The van der Waals surface area contributed by atoms with Gasteiger partial charge in [-0.1, -0.05) is 30.0 Å². The highest BCUT2D eigenvalue weighted by molar-refractivity contribution is 8.00. The predicted molar refractivity (Wildman–Crippen MR) is 121 cm³/mol. The first-order valence-electron chi connectivity index (χ1n) is 9.50. The van der Waals surface area contributed by atoms with Gasteiger partial charge < -0.3 is 10.1 Å². The number of amides is 1. The summed E-state index contributed by atoms with van der Waals surface area (Å²) < 4.78 is 7.90. The molecule has 0 aliphatic heterocycles. The Balaban J connectivity index is 1.69. The number of ether oxygens (including phenoxy) is 1. The summed E-state index contributed by atoms with van der Waals surface area (Å²) >= 11 is 2.75. The van der Waals surface area contributed by atoms with Gasteiger partial charge in [-0.05, 0) is 44.9 Å². The Morgan fingerprint density at radius 3 is 2.87 bits per heavy atom. The fourth-order valence-electron chi connectivity index (χ4n) is 2.66. The summed E-state index contributed by atoms with van der Waals surface area (Å²) in [7, 11) is 0. The van der Waals surface area contributed by atoms with Crippen LogP contribution in [-0.2, 0) is 17.9 Å². The Bertz CT molecular complexity index is 1040. The van der Waals surface area contributed by atoms with Crippen LogP contribution in [-0.4, -0.2) is 30.9 Å². The second kappa shape index (κ2) is 9.90. The van der Waals surface area contributed by atoms with Gasteiger partial charge in [-0.15, -0.1) is 28.1 Å². The zero-order valence-corrected chi connectivity index (χ0v) is 19.1. The molecule has 0 bridgehead atoms. The van der Waals surface area contributed by atoms with Crippen LogP contribution in [0.1, 0.15) is 29.6 Å². The molecule has 9 heteroatoms. The van der Waals surface area contributed by atoms with E-state index >= 15 is 0 Å². The summed E-state index contributed by atoms with van der Waals surface area (Å²) in [5, 5.41) is 14.2. The third kappa shape index (κ3) is 5.48. The van der Waals surface area contributed by atoms with Gasteiger partial charge in [-0.3, -0.25) is 9.36 Å². The average molecular weight is 444 g/mol. The van der Waals surface area contributed by atoms with Crippen LogP contribution in [0.4, 0.5) is 5.13 Å². The van der Waals surface area contributed by atoms with Gasteiger partial charge in [0.2, 0.25) is 5.91 Å². The number of thioether (sulfide) groups is 1. The van der Waals surface area contributed by atoms with Crippen molar-refractivity contribution in [1.29, 1.82) is 0 Å². The third-order valence-corrected chi connectivity index (χ3v) is 6.26. The van der Waals surface area contributed by atoms with Crippen molar-refractivity contribution in [3.63, 3.8) is 0 Å².